The molecule has 0 radical (unpaired) electrons. The Labute approximate surface area is 110 Å². The fraction of sp³-hybridized carbons (Fsp3) is 1.00. The van der Waals surface area contributed by atoms with Gasteiger partial charge in [-0.2, -0.15) is 11.8 Å². The Morgan fingerprint density at radius 3 is 2.71 bits per heavy atom. The fourth-order valence-corrected chi connectivity index (χ4v) is 4.19. The molecule has 2 saturated carbocycles. The molecule has 2 rings (SSSR count). The molecule has 0 amide bonds. The van der Waals surface area contributed by atoms with Crippen molar-refractivity contribution in [3.8, 4) is 0 Å². The van der Waals surface area contributed by atoms with E-state index in [0.29, 0.717) is 12.6 Å². The van der Waals surface area contributed by atoms with Crippen molar-refractivity contribution in [1.29, 1.82) is 0 Å². The summed E-state index contributed by atoms with van der Waals surface area (Å²) >= 11 is 2.12. The monoisotopic (exact) mass is 257 g/mol. The van der Waals surface area contributed by atoms with Gasteiger partial charge < -0.3 is 10.4 Å². The summed E-state index contributed by atoms with van der Waals surface area (Å²) in [5.74, 6) is 2.04. The summed E-state index contributed by atoms with van der Waals surface area (Å²) < 4.78 is 0. The third-order valence-electron chi connectivity index (χ3n) is 3.86. The van der Waals surface area contributed by atoms with Gasteiger partial charge >= 0.3 is 0 Å². The second-order valence-corrected chi connectivity index (χ2v) is 7.64. The standard InChI is InChI=1S/C14H27NOS/c1-11(2)9-17-13-4-3-7-14(8-13,10-16)15-12-5-6-12/h11-13,15-16H,3-10H2,1-2H3. The number of hydrogen-bond donors (Lipinski definition) is 2. The van der Waals surface area contributed by atoms with Crippen LogP contribution in [0.15, 0.2) is 0 Å². The molecule has 3 heteroatoms. The third-order valence-corrected chi connectivity index (χ3v) is 5.59. The van der Waals surface area contributed by atoms with E-state index in [1.807, 2.05) is 0 Å². The molecular formula is C14H27NOS. The average Bonchev–Trinajstić information content (AvgIpc) is 3.11. The second kappa shape index (κ2) is 5.94. The van der Waals surface area contributed by atoms with E-state index < -0.39 is 0 Å². The predicted octanol–water partition coefficient (Wildman–Crippen LogP) is 2.80. The summed E-state index contributed by atoms with van der Waals surface area (Å²) in [5, 5.41) is 14.2. The maximum Gasteiger partial charge on any atom is 0.0613 e. The highest BCUT2D eigenvalue weighted by atomic mass is 32.2. The first kappa shape index (κ1) is 13.7. The molecule has 2 aliphatic rings. The Morgan fingerprint density at radius 1 is 1.35 bits per heavy atom. The van der Waals surface area contributed by atoms with Crippen LogP contribution in [0.1, 0.15) is 52.4 Å². The summed E-state index contributed by atoms with van der Waals surface area (Å²) in [6.45, 7) is 4.90. The number of thioether (sulfide) groups is 1. The first-order chi connectivity index (χ1) is 8.13. The van der Waals surface area contributed by atoms with E-state index in [1.54, 1.807) is 0 Å². The van der Waals surface area contributed by atoms with Gasteiger partial charge in [-0.3, -0.25) is 0 Å². The molecule has 0 aromatic carbocycles. The SMILES string of the molecule is CC(C)CSC1CCCC(CO)(NC2CC2)C1. The maximum absolute atomic E-state index is 9.74. The van der Waals surface area contributed by atoms with Gasteiger partial charge in [0.1, 0.15) is 0 Å². The largest absolute Gasteiger partial charge is 0.394 e. The first-order valence-electron chi connectivity index (χ1n) is 7.14. The number of aliphatic hydroxyl groups is 1. The number of hydrogen-bond acceptors (Lipinski definition) is 3. The molecule has 0 aliphatic heterocycles. The van der Waals surface area contributed by atoms with Crippen molar-refractivity contribution >= 4 is 11.8 Å². The van der Waals surface area contributed by atoms with E-state index in [9.17, 15) is 5.11 Å². The van der Waals surface area contributed by atoms with E-state index >= 15 is 0 Å². The lowest BCUT2D eigenvalue weighted by atomic mass is 9.82. The molecule has 2 fully saturated rings. The highest BCUT2D eigenvalue weighted by molar-refractivity contribution is 7.99. The molecule has 0 bridgehead atoms. The quantitative estimate of drug-likeness (QED) is 0.767. The Morgan fingerprint density at radius 2 is 2.12 bits per heavy atom. The van der Waals surface area contributed by atoms with Crippen LogP contribution in [0.2, 0.25) is 0 Å². The van der Waals surface area contributed by atoms with Crippen LogP contribution in [0.25, 0.3) is 0 Å². The van der Waals surface area contributed by atoms with Gasteiger partial charge in [-0.1, -0.05) is 20.3 Å². The smallest absolute Gasteiger partial charge is 0.0613 e. The van der Waals surface area contributed by atoms with Gasteiger partial charge in [-0.05, 0) is 43.8 Å². The average molecular weight is 257 g/mol. The number of aliphatic hydroxyl groups excluding tert-OH is 1. The molecule has 100 valence electrons. The Bertz CT molecular complexity index is 242. The number of rotatable bonds is 6. The molecule has 2 unspecified atom stereocenters. The molecule has 2 atom stereocenters. The molecule has 2 N–H and O–H groups in total. The maximum atomic E-state index is 9.74. The van der Waals surface area contributed by atoms with Crippen molar-refractivity contribution in [3.05, 3.63) is 0 Å². The van der Waals surface area contributed by atoms with Gasteiger partial charge in [0, 0.05) is 16.8 Å². The van der Waals surface area contributed by atoms with Crippen molar-refractivity contribution in [2.75, 3.05) is 12.4 Å². The van der Waals surface area contributed by atoms with Crippen LogP contribution in [0.3, 0.4) is 0 Å². The van der Waals surface area contributed by atoms with E-state index in [4.69, 9.17) is 0 Å². The van der Waals surface area contributed by atoms with Crippen LogP contribution in [0, 0.1) is 5.92 Å². The van der Waals surface area contributed by atoms with Gasteiger partial charge in [0.15, 0.2) is 0 Å². The van der Waals surface area contributed by atoms with Gasteiger partial charge in [0.25, 0.3) is 0 Å². The van der Waals surface area contributed by atoms with Crippen LogP contribution in [-0.4, -0.2) is 34.3 Å². The summed E-state index contributed by atoms with van der Waals surface area (Å²) in [6.07, 6.45) is 7.56. The Balaban J connectivity index is 1.84. The predicted molar refractivity (Wildman–Crippen MR) is 75.5 cm³/mol. The van der Waals surface area contributed by atoms with Gasteiger partial charge in [-0.15, -0.1) is 0 Å². The Kier molecular flexibility index (Phi) is 4.79. The van der Waals surface area contributed by atoms with Crippen molar-refractivity contribution < 1.29 is 5.11 Å². The van der Waals surface area contributed by atoms with Crippen LogP contribution >= 0.6 is 11.8 Å². The van der Waals surface area contributed by atoms with Crippen LogP contribution in [-0.2, 0) is 0 Å². The summed E-state index contributed by atoms with van der Waals surface area (Å²) in [7, 11) is 0. The van der Waals surface area contributed by atoms with Gasteiger partial charge in [-0.25, -0.2) is 0 Å². The summed E-state index contributed by atoms with van der Waals surface area (Å²) in [5.41, 5.74) is 0.0497. The van der Waals surface area contributed by atoms with Gasteiger partial charge in [0.2, 0.25) is 0 Å². The van der Waals surface area contributed by atoms with E-state index in [-0.39, 0.29) is 5.54 Å². The molecule has 0 saturated heterocycles. The van der Waals surface area contributed by atoms with Crippen LogP contribution < -0.4 is 5.32 Å². The highest BCUT2D eigenvalue weighted by Crippen LogP contribution is 2.37. The normalized spacial score (nSPS) is 34.2. The summed E-state index contributed by atoms with van der Waals surface area (Å²) in [6, 6.07) is 0.705. The van der Waals surface area contributed by atoms with Crippen molar-refractivity contribution in [2.45, 2.75) is 69.2 Å². The molecule has 17 heavy (non-hydrogen) atoms. The molecular weight excluding hydrogens is 230 g/mol. The minimum absolute atomic E-state index is 0.0497. The lowest BCUT2D eigenvalue weighted by molar-refractivity contribution is 0.122. The third kappa shape index (κ3) is 4.15. The van der Waals surface area contributed by atoms with Crippen molar-refractivity contribution in [3.63, 3.8) is 0 Å². The van der Waals surface area contributed by atoms with E-state index in [0.717, 1.165) is 17.6 Å². The molecule has 2 nitrogen and oxygen atoms in total. The van der Waals surface area contributed by atoms with Crippen molar-refractivity contribution in [1.82, 2.24) is 5.32 Å². The minimum Gasteiger partial charge on any atom is -0.394 e. The fourth-order valence-electron chi connectivity index (χ4n) is 2.76. The minimum atomic E-state index is 0.0497. The van der Waals surface area contributed by atoms with Crippen molar-refractivity contribution in [2.24, 2.45) is 5.92 Å². The molecule has 2 aliphatic carbocycles. The lowest BCUT2D eigenvalue weighted by Crippen LogP contribution is -2.53. The van der Waals surface area contributed by atoms with E-state index in [1.165, 1.54) is 37.9 Å². The topological polar surface area (TPSA) is 32.3 Å². The molecule has 0 heterocycles. The molecule has 0 aromatic heterocycles. The zero-order valence-electron chi connectivity index (χ0n) is 11.2. The zero-order valence-corrected chi connectivity index (χ0v) is 12.1. The molecule has 0 spiro atoms. The number of nitrogens with one attached hydrogen (secondary N) is 1. The second-order valence-electron chi connectivity index (χ2n) is 6.30. The summed E-state index contributed by atoms with van der Waals surface area (Å²) in [4.78, 5) is 0. The van der Waals surface area contributed by atoms with Crippen LogP contribution in [0.5, 0.6) is 0 Å². The highest BCUT2D eigenvalue weighted by Gasteiger charge is 2.39. The van der Waals surface area contributed by atoms with Crippen LogP contribution in [0.4, 0.5) is 0 Å². The lowest BCUT2D eigenvalue weighted by Gasteiger charge is -2.40. The first-order valence-corrected chi connectivity index (χ1v) is 8.18. The Hall–Kier alpha value is 0.270. The van der Waals surface area contributed by atoms with Gasteiger partial charge in [0.05, 0.1) is 6.61 Å². The molecule has 0 aromatic rings. The zero-order chi connectivity index (χ0) is 12.3. The van der Waals surface area contributed by atoms with E-state index in [2.05, 4.69) is 30.9 Å².